The second-order valence-corrected chi connectivity index (χ2v) is 7.10. The third kappa shape index (κ3) is 3.83. The Morgan fingerprint density at radius 2 is 2.00 bits per heavy atom. The van der Waals surface area contributed by atoms with E-state index in [0.29, 0.717) is 23.2 Å². The smallest absolute Gasteiger partial charge is 0.224 e. The minimum Gasteiger partial charge on any atom is -0.356 e. The van der Waals surface area contributed by atoms with Gasteiger partial charge in [-0.25, -0.2) is 8.78 Å². The van der Waals surface area contributed by atoms with Gasteiger partial charge in [0.1, 0.15) is 11.6 Å². The van der Waals surface area contributed by atoms with Crippen LogP contribution < -0.4 is 5.32 Å². The lowest BCUT2D eigenvalue weighted by molar-refractivity contribution is -0.120. The van der Waals surface area contributed by atoms with E-state index in [1.807, 2.05) is 0 Å². The van der Waals surface area contributed by atoms with Crippen molar-refractivity contribution in [3.05, 3.63) is 56.9 Å². The molecule has 7 heteroatoms. The van der Waals surface area contributed by atoms with Gasteiger partial charge < -0.3 is 10.3 Å². The highest BCUT2D eigenvalue weighted by molar-refractivity contribution is 7.12. The fourth-order valence-electron chi connectivity index (χ4n) is 2.95. The van der Waals surface area contributed by atoms with Crippen LogP contribution >= 0.6 is 11.3 Å². The molecular weight excluding hydrogens is 358 g/mol. The number of benzene rings is 1. The van der Waals surface area contributed by atoms with E-state index in [0.717, 1.165) is 22.9 Å². The predicted octanol–water partition coefficient (Wildman–Crippen LogP) is 3.92. The molecule has 2 aromatic heterocycles. The third-order valence-corrected chi connectivity index (χ3v) is 5.29. The predicted molar refractivity (Wildman–Crippen MR) is 97.7 cm³/mol. The second-order valence-electron chi connectivity index (χ2n) is 6.19. The van der Waals surface area contributed by atoms with E-state index in [2.05, 4.69) is 10.3 Å². The van der Waals surface area contributed by atoms with Crippen LogP contribution in [0.4, 0.5) is 8.78 Å². The summed E-state index contributed by atoms with van der Waals surface area (Å²) in [5.74, 6) is -1.43. The Hall–Kier alpha value is -2.54. The van der Waals surface area contributed by atoms with Crippen LogP contribution in [0, 0.1) is 18.6 Å². The number of hydrogen-bond donors (Lipinski definition) is 2. The van der Waals surface area contributed by atoms with Gasteiger partial charge in [-0.2, -0.15) is 0 Å². The first-order valence-corrected chi connectivity index (χ1v) is 9.04. The van der Waals surface area contributed by atoms with Crippen molar-refractivity contribution in [2.75, 3.05) is 6.54 Å². The van der Waals surface area contributed by atoms with Crippen molar-refractivity contribution < 1.29 is 18.4 Å². The molecule has 0 aliphatic rings. The summed E-state index contributed by atoms with van der Waals surface area (Å²) in [6.45, 7) is 3.64. The molecule has 0 radical (unpaired) electrons. The van der Waals surface area contributed by atoms with Crippen molar-refractivity contribution in [3.63, 3.8) is 0 Å². The molecule has 0 aliphatic heterocycles. The van der Waals surface area contributed by atoms with Gasteiger partial charge in [0, 0.05) is 23.7 Å². The summed E-state index contributed by atoms with van der Waals surface area (Å²) in [6.07, 6.45) is 0.655. The number of aryl methyl sites for hydroxylation is 1. The molecule has 0 saturated heterocycles. The minimum absolute atomic E-state index is 0.0177. The van der Waals surface area contributed by atoms with Crippen LogP contribution in [-0.4, -0.2) is 23.2 Å². The second kappa shape index (κ2) is 7.37. The molecule has 136 valence electrons. The molecule has 0 atom stereocenters. The van der Waals surface area contributed by atoms with Gasteiger partial charge in [-0.15, -0.1) is 11.3 Å². The Balaban J connectivity index is 1.62. The largest absolute Gasteiger partial charge is 0.356 e. The zero-order chi connectivity index (χ0) is 18.8. The zero-order valence-corrected chi connectivity index (χ0v) is 15.2. The lowest BCUT2D eigenvalue weighted by atomic mass is 10.1. The van der Waals surface area contributed by atoms with Gasteiger partial charge >= 0.3 is 0 Å². The lowest BCUT2D eigenvalue weighted by Gasteiger charge is -2.05. The molecule has 3 aromatic rings. The number of hydrogen-bond acceptors (Lipinski definition) is 3. The summed E-state index contributed by atoms with van der Waals surface area (Å²) in [5, 5.41) is 5.10. The molecule has 4 nitrogen and oxygen atoms in total. The van der Waals surface area contributed by atoms with Crippen LogP contribution in [0.2, 0.25) is 0 Å². The number of fused-ring (bicyclic) bond motifs is 1. The van der Waals surface area contributed by atoms with E-state index in [1.165, 1.54) is 24.3 Å². The maximum atomic E-state index is 13.8. The van der Waals surface area contributed by atoms with Gasteiger partial charge in [-0.3, -0.25) is 9.59 Å². The highest BCUT2D eigenvalue weighted by Crippen LogP contribution is 2.25. The van der Waals surface area contributed by atoms with Gasteiger partial charge in [0.15, 0.2) is 5.78 Å². The van der Waals surface area contributed by atoms with Crippen molar-refractivity contribution in [2.24, 2.45) is 0 Å². The minimum atomic E-state index is -0.628. The molecule has 0 fully saturated rings. The molecule has 1 aromatic carbocycles. The van der Waals surface area contributed by atoms with Crippen LogP contribution in [-0.2, 0) is 17.6 Å². The summed E-state index contributed by atoms with van der Waals surface area (Å²) in [4.78, 5) is 26.9. The fraction of sp³-hybridized carbons (Fsp3) is 0.263. The van der Waals surface area contributed by atoms with Crippen LogP contribution in [0.25, 0.3) is 10.9 Å². The number of Topliss-reactive ketones (excluding diaryl/α,β-unsaturated/α-hetero) is 1. The van der Waals surface area contributed by atoms with E-state index in [4.69, 9.17) is 0 Å². The first-order chi connectivity index (χ1) is 12.3. The summed E-state index contributed by atoms with van der Waals surface area (Å²) in [6, 6.07) is 3.87. The highest BCUT2D eigenvalue weighted by atomic mass is 32.1. The van der Waals surface area contributed by atoms with Crippen LogP contribution in [0.3, 0.4) is 0 Å². The average Bonchev–Trinajstić information content (AvgIpc) is 3.13. The molecule has 3 rings (SSSR count). The van der Waals surface area contributed by atoms with Gasteiger partial charge in [-0.05, 0) is 48.9 Å². The number of aromatic amines is 1. The molecule has 2 N–H and O–H groups in total. The maximum Gasteiger partial charge on any atom is 0.224 e. The number of ketones is 1. The molecule has 2 heterocycles. The Morgan fingerprint density at radius 1 is 1.23 bits per heavy atom. The van der Waals surface area contributed by atoms with E-state index in [-0.39, 0.29) is 23.6 Å². The Labute approximate surface area is 153 Å². The van der Waals surface area contributed by atoms with Crippen molar-refractivity contribution >= 4 is 33.9 Å². The first-order valence-electron chi connectivity index (χ1n) is 8.16. The van der Waals surface area contributed by atoms with Crippen molar-refractivity contribution in [2.45, 2.75) is 26.7 Å². The number of halogens is 2. The average molecular weight is 376 g/mol. The summed E-state index contributed by atoms with van der Waals surface area (Å²) >= 11 is 1.32. The van der Waals surface area contributed by atoms with Gasteiger partial charge in [0.25, 0.3) is 0 Å². The normalized spacial score (nSPS) is 11.1. The number of aromatic nitrogens is 1. The van der Waals surface area contributed by atoms with E-state index >= 15 is 0 Å². The lowest BCUT2D eigenvalue weighted by Crippen LogP contribution is -2.27. The maximum absolute atomic E-state index is 13.8. The molecule has 26 heavy (non-hydrogen) atoms. The summed E-state index contributed by atoms with van der Waals surface area (Å²) in [5.41, 5.74) is 2.61. The molecule has 0 saturated carbocycles. The molecule has 0 aliphatic carbocycles. The highest BCUT2D eigenvalue weighted by Gasteiger charge is 2.14. The first kappa shape index (κ1) is 18.3. The van der Waals surface area contributed by atoms with Crippen molar-refractivity contribution in [1.29, 1.82) is 0 Å². The molecule has 0 unspecified atom stereocenters. The number of rotatable bonds is 6. The van der Waals surface area contributed by atoms with Gasteiger partial charge in [0.05, 0.1) is 16.8 Å². The third-order valence-electron chi connectivity index (χ3n) is 4.21. The Kier molecular flexibility index (Phi) is 5.18. The topological polar surface area (TPSA) is 62.0 Å². The zero-order valence-electron chi connectivity index (χ0n) is 14.4. The Morgan fingerprint density at radius 3 is 2.69 bits per heavy atom. The fourth-order valence-corrected chi connectivity index (χ4v) is 3.77. The number of carbonyl (C=O) groups is 2. The summed E-state index contributed by atoms with van der Waals surface area (Å²) in [7, 11) is 0. The van der Waals surface area contributed by atoms with E-state index in [9.17, 15) is 18.4 Å². The quantitative estimate of drug-likeness (QED) is 0.641. The number of carbonyl (C=O) groups excluding carboxylic acids is 2. The number of H-pyrrole nitrogens is 1. The number of nitrogens with one attached hydrogen (secondary N) is 2. The number of thiophene rings is 1. The summed E-state index contributed by atoms with van der Waals surface area (Å²) < 4.78 is 27.3. The molecule has 0 spiro atoms. The van der Waals surface area contributed by atoms with Gasteiger partial charge in [0.2, 0.25) is 5.91 Å². The van der Waals surface area contributed by atoms with Crippen LogP contribution in [0.1, 0.15) is 33.4 Å². The van der Waals surface area contributed by atoms with Crippen LogP contribution in [0.15, 0.2) is 23.6 Å². The van der Waals surface area contributed by atoms with Crippen molar-refractivity contribution in [3.8, 4) is 0 Å². The van der Waals surface area contributed by atoms with E-state index in [1.54, 1.807) is 18.4 Å². The van der Waals surface area contributed by atoms with Crippen molar-refractivity contribution in [1.82, 2.24) is 10.3 Å². The van der Waals surface area contributed by atoms with Crippen LogP contribution in [0.5, 0.6) is 0 Å². The molecule has 1 amide bonds. The van der Waals surface area contributed by atoms with Gasteiger partial charge in [-0.1, -0.05) is 0 Å². The SMILES string of the molecule is CC(=O)c1cc(CC(=O)NCCc2c(C)[nH]c3c(F)cc(F)cc23)cs1. The van der Waals surface area contributed by atoms with E-state index < -0.39 is 11.6 Å². The molecular formula is C19H18F2N2O2S. The standard InChI is InChI=1S/C19H18F2N2O2S/c1-10-14(15-7-13(20)8-16(21)19(15)23-10)3-4-22-18(25)6-12-5-17(11(2)24)26-9-12/h5,7-9,23H,3-4,6H2,1-2H3,(H,22,25). The monoisotopic (exact) mass is 376 g/mol. The molecule has 0 bridgehead atoms. The Bertz CT molecular complexity index is 991. The number of amides is 1.